The molecular weight excluding hydrogens is 408 g/mol. The van der Waals surface area contributed by atoms with Crippen molar-refractivity contribution >= 4 is 11.6 Å². The van der Waals surface area contributed by atoms with Crippen molar-refractivity contribution < 1.29 is 27.4 Å². The number of anilines is 2. The van der Waals surface area contributed by atoms with E-state index < -0.39 is 35.4 Å². The first kappa shape index (κ1) is 21.2. The van der Waals surface area contributed by atoms with Crippen molar-refractivity contribution in [2.24, 2.45) is 0 Å². The average Bonchev–Trinajstić information content (AvgIpc) is 2.71. The largest absolute Gasteiger partial charge is 0.494 e. The minimum absolute atomic E-state index is 0.00872. The Morgan fingerprint density at radius 2 is 1.80 bits per heavy atom. The molecule has 0 saturated carbocycles. The van der Waals surface area contributed by atoms with Crippen LogP contribution in [0.3, 0.4) is 0 Å². The first-order chi connectivity index (χ1) is 14.2. The molecule has 2 aromatic carbocycles. The fourth-order valence-electron chi connectivity index (χ4n) is 2.70. The number of hydrogen-bond acceptors (Lipinski definition) is 6. The van der Waals surface area contributed by atoms with Gasteiger partial charge in [-0.1, -0.05) is 0 Å². The van der Waals surface area contributed by atoms with Gasteiger partial charge in [-0.25, -0.2) is 22.2 Å². The van der Waals surface area contributed by atoms with Crippen LogP contribution in [0.15, 0.2) is 29.1 Å². The Kier molecular flexibility index (Phi) is 6.01. The Morgan fingerprint density at radius 1 is 1.13 bits per heavy atom. The number of hydrogen-bond donors (Lipinski definition) is 2. The summed E-state index contributed by atoms with van der Waals surface area (Å²) < 4.78 is 60.6. The van der Waals surface area contributed by atoms with Crippen LogP contribution in [0.25, 0.3) is 0 Å². The summed E-state index contributed by atoms with van der Waals surface area (Å²) in [5.74, 6) is -5.24. The van der Waals surface area contributed by atoms with Gasteiger partial charge in [0.15, 0.2) is 34.7 Å². The van der Waals surface area contributed by atoms with Gasteiger partial charge in [0.2, 0.25) is 5.95 Å². The van der Waals surface area contributed by atoms with Gasteiger partial charge in [-0.15, -0.1) is 0 Å². The summed E-state index contributed by atoms with van der Waals surface area (Å²) >= 11 is 0. The van der Waals surface area contributed by atoms with Gasteiger partial charge in [0, 0.05) is 11.3 Å². The highest BCUT2D eigenvalue weighted by Gasteiger charge is 2.17. The van der Waals surface area contributed by atoms with Gasteiger partial charge in [-0.05, 0) is 36.8 Å². The number of rotatable bonds is 6. The maximum Gasteiger partial charge on any atom is 0.298 e. The zero-order chi connectivity index (χ0) is 22.0. The predicted octanol–water partition coefficient (Wildman–Crippen LogP) is 2.80. The van der Waals surface area contributed by atoms with Crippen molar-refractivity contribution in [2.75, 3.05) is 12.4 Å². The third kappa shape index (κ3) is 4.10. The van der Waals surface area contributed by atoms with Gasteiger partial charge in [-0.3, -0.25) is 4.79 Å². The van der Waals surface area contributed by atoms with Crippen molar-refractivity contribution in [1.29, 1.82) is 0 Å². The standard InChI is InChI=1S/C19H16F4N4O3/c1-9-13(3-4-15(30-2)16(9)22)24-19-25-18(29)14(8-28)26-27(19)7-10-5-11(20)17(23)12(21)6-10/h3-6,28H,7-8H2,1-2H3,(H,24,25,29). The Labute approximate surface area is 167 Å². The van der Waals surface area contributed by atoms with Gasteiger partial charge < -0.3 is 15.2 Å². The second-order valence-corrected chi connectivity index (χ2v) is 6.26. The molecule has 1 heterocycles. The molecule has 3 aromatic rings. The number of benzene rings is 2. The molecule has 0 spiro atoms. The number of ether oxygens (including phenoxy) is 1. The third-order valence-corrected chi connectivity index (χ3v) is 4.28. The molecule has 3 rings (SSSR count). The van der Waals surface area contributed by atoms with E-state index in [0.29, 0.717) is 0 Å². The molecule has 7 nitrogen and oxygen atoms in total. The van der Waals surface area contributed by atoms with E-state index in [4.69, 9.17) is 4.74 Å². The van der Waals surface area contributed by atoms with Crippen LogP contribution in [0.4, 0.5) is 29.2 Å². The van der Waals surface area contributed by atoms with E-state index in [1.807, 2.05) is 0 Å². The van der Waals surface area contributed by atoms with E-state index in [9.17, 15) is 27.5 Å². The van der Waals surface area contributed by atoms with Crippen LogP contribution in [0, 0.1) is 30.2 Å². The lowest BCUT2D eigenvalue weighted by Gasteiger charge is -2.16. The molecule has 0 bridgehead atoms. The highest BCUT2D eigenvalue weighted by Crippen LogP contribution is 2.28. The van der Waals surface area contributed by atoms with E-state index >= 15 is 0 Å². The third-order valence-electron chi connectivity index (χ3n) is 4.28. The van der Waals surface area contributed by atoms with Gasteiger partial charge in [0.05, 0.1) is 20.3 Å². The predicted molar refractivity (Wildman–Crippen MR) is 98.6 cm³/mol. The molecule has 30 heavy (non-hydrogen) atoms. The SMILES string of the molecule is COc1ccc(Nc2nc(=O)c(CO)nn2Cc2cc(F)c(F)c(F)c2)c(C)c1F. The summed E-state index contributed by atoms with van der Waals surface area (Å²) in [7, 11) is 1.31. The van der Waals surface area contributed by atoms with Crippen LogP contribution in [0.1, 0.15) is 16.8 Å². The molecule has 0 aliphatic rings. The molecule has 1 aromatic heterocycles. The fraction of sp³-hybridized carbons (Fsp3) is 0.211. The fourth-order valence-corrected chi connectivity index (χ4v) is 2.70. The summed E-state index contributed by atoms with van der Waals surface area (Å²) in [4.78, 5) is 15.8. The molecule has 0 saturated heterocycles. The smallest absolute Gasteiger partial charge is 0.298 e. The Bertz CT molecular complexity index is 1140. The molecule has 0 aliphatic heterocycles. The minimum atomic E-state index is -1.62. The molecule has 158 valence electrons. The summed E-state index contributed by atoms with van der Waals surface area (Å²) in [5.41, 5.74) is -0.807. The average molecular weight is 424 g/mol. The molecule has 0 radical (unpaired) electrons. The highest BCUT2D eigenvalue weighted by molar-refractivity contribution is 5.60. The Morgan fingerprint density at radius 3 is 2.40 bits per heavy atom. The molecule has 0 fully saturated rings. The van der Waals surface area contributed by atoms with Gasteiger partial charge >= 0.3 is 0 Å². The van der Waals surface area contributed by atoms with E-state index in [0.717, 1.165) is 16.8 Å². The number of halogens is 4. The lowest BCUT2D eigenvalue weighted by atomic mass is 10.1. The monoisotopic (exact) mass is 424 g/mol. The van der Waals surface area contributed by atoms with Crippen LogP contribution in [-0.2, 0) is 13.2 Å². The summed E-state index contributed by atoms with van der Waals surface area (Å²) in [6.45, 7) is 0.408. The molecule has 0 atom stereocenters. The van der Waals surface area contributed by atoms with Crippen molar-refractivity contribution in [3.05, 3.63) is 74.7 Å². The van der Waals surface area contributed by atoms with E-state index in [1.165, 1.54) is 26.2 Å². The second kappa shape index (κ2) is 8.49. The Hall–Kier alpha value is -3.47. The molecular formula is C19H16F4N4O3. The Balaban J connectivity index is 2.06. The highest BCUT2D eigenvalue weighted by atomic mass is 19.2. The first-order valence-corrected chi connectivity index (χ1v) is 8.57. The van der Waals surface area contributed by atoms with Crippen molar-refractivity contribution in [3.8, 4) is 5.75 Å². The molecule has 11 heteroatoms. The summed E-state index contributed by atoms with van der Waals surface area (Å²) in [6, 6.07) is 4.36. The number of methoxy groups -OCH3 is 1. The zero-order valence-electron chi connectivity index (χ0n) is 15.8. The van der Waals surface area contributed by atoms with E-state index in [1.54, 1.807) is 0 Å². The minimum Gasteiger partial charge on any atom is -0.494 e. The van der Waals surface area contributed by atoms with Crippen LogP contribution >= 0.6 is 0 Å². The summed E-state index contributed by atoms with van der Waals surface area (Å²) in [6.07, 6.45) is 0. The summed E-state index contributed by atoms with van der Waals surface area (Å²) in [5, 5.41) is 15.9. The second-order valence-electron chi connectivity index (χ2n) is 6.26. The maximum atomic E-state index is 14.3. The van der Waals surface area contributed by atoms with Crippen molar-refractivity contribution in [1.82, 2.24) is 14.8 Å². The van der Waals surface area contributed by atoms with Gasteiger partial charge in [-0.2, -0.15) is 10.1 Å². The molecule has 0 aliphatic carbocycles. The lowest BCUT2D eigenvalue weighted by molar-refractivity contribution is 0.271. The van der Waals surface area contributed by atoms with E-state index in [2.05, 4.69) is 15.4 Å². The number of aliphatic hydroxyl groups is 1. The molecule has 2 N–H and O–H groups in total. The number of nitrogens with zero attached hydrogens (tertiary/aromatic N) is 3. The van der Waals surface area contributed by atoms with Gasteiger partial charge in [0.25, 0.3) is 5.56 Å². The van der Waals surface area contributed by atoms with E-state index in [-0.39, 0.29) is 40.8 Å². The maximum absolute atomic E-state index is 14.3. The number of aromatic nitrogens is 3. The number of aliphatic hydroxyl groups excluding tert-OH is 1. The van der Waals surface area contributed by atoms with Crippen LogP contribution in [-0.4, -0.2) is 27.0 Å². The van der Waals surface area contributed by atoms with Crippen molar-refractivity contribution in [3.63, 3.8) is 0 Å². The first-order valence-electron chi connectivity index (χ1n) is 8.57. The van der Waals surface area contributed by atoms with Crippen molar-refractivity contribution in [2.45, 2.75) is 20.1 Å². The van der Waals surface area contributed by atoms with Gasteiger partial charge in [0.1, 0.15) is 0 Å². The quantitative estimate of drug-likeness (QED) is 0.467. The molecule has 0 amide bonds. The number of nitrogens with one attached hydrogen (secondary N) is 1. The van der Waals surface area contributed by atoms with Crippen LogP contribution < -0.4 is 15.6 Å². The van der Waals surface area contributed by atoms with Crippen LogP contribution in [0.5, 0.6) is 5.75 Å². The normalized spacial score (nSPS) is 10.9. The van der Waals surface area contributed by atoms with Crippen LogP contribution in [0.2, 0.25) is 0 Å². The lowest BCUT2D eigenvalue weighted by Crippen LogP contribution is -2.25. The topological polar surface area (TPSA) is 89.3 Å². The molecule has 0 unspecified atom stereocenters. The zero-order valence-corrected chi connectivity index (χ0v) is 15.8.